The Morgan fingerprint density at radius 3 is 1.63 bits per heavy atom. The normalized spacial score (nSPS) is 19.2. The van der Waals surface area contributed by atoms with Crippen LogP contribution in [0.2, 0.25) is 0 Å². The highest BCUT2D eigenvalue weighted by molar-refractivity contribution is 6.10. The summed E-state index contributed by atoms with van der Waals surface area (Å²) in [5.41, 5.74) is 6.50. The van der Waals surface area contributed by atoms with Gasteiger partial charge in [0.25, 0.3) is 0 Å². The Morgan fingerprint density at radius 1 is 0.789 bits per heavy atom. The van der Waals surface area contributed by atoms with Crippen LogP contribution in [-0.2, 0) is 10.2 Å². The van der Waals surface area contributed by atoms with Gasteiger partial charge in [0.05, 0.1) is 0 Å². The molecule has 0 unspecified atom stereocenters. The molecular formula is C18H22O. The van der Waals surface area contributed by atoms with E-state index in [9.17, 15) is 4.79 Å². The molecule has 0 aliphatic heterocycles. The van der Waals surface area contributed by atoms with Crippen molar-refractivity contribution in [2.45, 2.75) is 47.0 Å². The number of benzene rings is 1. The zero-order chi connectivity index (χ0) is 14.4. The van der Waals surface area contributed by atoms with Crippen molar-refractivity contribution in [3.63, 3.8) is 0 Å². The number of aryl methyl sites for hydroxylation is 1. The third-order valence-corrected chi connectivity index (χ3v) is 4.94. The number of ketones is 1. The Kier molecular flexibility index (Phi) is 3.25. The molecule has 0 saturated carbocycles. The summed E-state index contributed by atoms with van der Waals surface area (Å²) >= 11 is 0. The second-order valence-electron chi connectivity index (χ2n) is 5.82. The maximum absolute atomic E-state index is 12.2. The van der Waals surface area contributed by atoms with Crippen molar-refractivity contribution in [2.75, 3.05) is 0 Å². The number of carbonyl (C=O) groups excluding carboxylic acids is 1. The van der Waals surface area contributed by atoms with Crippen LogP contribution in [0.1, 0.15) is 45.7 Å². The van der Waals surface area contributed by atoms with Gasteiger partial charge >= 0.3 is 0 Å². The molecule has 0 N–H and O–H groups in total. The molecule has 0 radical (unpaired) electrons. The fourth-order valence-corrected chi connectivity index (χ4v) is 2.97. The number of Topliss-reactive ketones (excluding diaryl/α,β-unsaturated/α-hetero) is 1. The standard InChI is InChI=1S/C18H22O/c1-11-7-9-16(10-8-11)18(6)14(4)12(2)17(19)13(3)15(18)5/h7-10H,1-6H3. The first kappa shape index (κ1) is 13.8. The Hall–Kier alpha value is -1.63. The smallest absolute Gasteiger partial charge is 0.184 e. The van der Waals surface area contributed by atoms with E-state index in [1.165, 1.54) is 22.3 Å². The van der Waals surface area contributed by atoms with Crippen molar-refractivity contribution >= 4 is 5.78 Å². The first-order valence-electron chi connectivity index (χ1n) is 6.78. The molecule has 0 aromatic heterocycles. The van der Waals surface area contributed by atoms with E-state index in [1.807, 2.05) is 13.8 Å². The summed E-state index contributed by atoms with van der Waals surface area (Å²) in [6.07, 6.45) is 0. The third kappa shape index (κ3) is 1.88. The van der Waals surface area contributed by atoms with Crippen LogP contribution in [-0.4, -0.2) is 5.78 Å². The molecule has 0 atom stereocenters. The van der Waals surface area contributed by atoms with Crippen LogP contribution >= 0.6 is 0 Å². The van der Waals surface area contributed by atoms with Crippen molar-refractivity contribution < 1.29 is 4.79 Å². The highest BCUT2D eigenvalue weighted by Gasteiger charge is 2.38. The summed E-state index contributed by atoms with van der Waals surface area (Å²) in [4.78, 5) is 12.2. The van der Waals surface area contributed by atoms with Gasteiger partial charge in [0, 0.05) is 5.41 Å². The van der Waals surface area contributed by atoms with Crippen molar-refractivity contribution in [2.24, 2.45) is 0 Å². The van der Waals surface area contributed by atoms with Crippen LogP contribution in [0.4, 0.5) is 0 Å². The SMILES string of the molecule is CC1=C(C)C(C)(c2ccc(C)cc2)C(C)=C(C)C1=O. The van der Waals surface area contributed by atoms with Crippen molar-refractivity contribution in [3.8, 4) is 0 Å². The molecule has 19 heavy (non-hydrogen) atoms. The Labute approximate surface area is 116 Å². The Balaban J connectivity index is 2.70. The average molecular weight is 254 g/mol. The van der Waals surface area contributed by atoms with E-state index < -0.39 is 0 Å². The van der Waals surface area contributed by atoms with Gasteiger partial charge in [-0.3, -0.25) is 4.79 Å². The van der Waals surface area contributed by atoms with Gasteiger partial charge in [0.2, 0.25) is 0 Å². The molecule has 0 saturated heterocycles. The second-order valence-corrected chi connectivity index (χ2v) is 5.82. The summed E-state index contributed by atoms with van der Waals surface area (Å²) in [5.74, 6) is 0.194. The zero-order valence-electron chi connectivity index (χ0n) is 12.7. The summed E-state index contributed by atoms with van der Waals surface area (Å²) in [6, 6.07) is 8.64. The van der Waals surface area contributed by atoms with E-state index >= 15 is 0 Å². The predicted molar refractivity (Wildman–Crippen MR) is 80.3 cm³/mol. The fraction of sp³-hybridized carbons (Fsp3) is 0.389. The van der Waals surface area contributed by atoms with E-state index in [0.29, 0.717) is 0 Å². The molecule has 1 nitrogen and oxygen atoms in total. The molecule has 0 bridgehead atoms. The Bertz CT molecular complexity index is 569. The molecule has 1 aromatic carbocycles. The van der Waals surface area contributed by atoms with Crippen molar-refractivity contribution in [1.29, 1.82) is 0 Å². The third-order valence-electron chi connectivity index (χ3n) is 4.94. The highest BCUT2D eigenvalue weighted by Crippen LogP contribution is 2.45. The maximum atomic E-state index is 12.2. The molecule has 1 aliphatic carbocycles. The summed E-state index contributed by atoms with van der Waals surface area (Å²) in [7, 11) is 0. The summed E-state index contributed by atoms with van der Waals surface area (Å²) in [5, 5.41) is 0. The van der Waals surface area contributed by atoms with E-state index in [0.717, 1.165) is 11.1 Å². The van der Waals surface area contributed by atoms with Crippen LogP contribution in [0.3, 0.4) is 0 Å². The van der Waals surface area contributed by atoms with Gasteiger partial charge in [0.1, 0.15) is 0 Å². The van der Waals surface area contributed by atoms with Crippen LogP contribution < -0.4 is 0 Å². The van der Waals surface area contributed by atoms with Gasteiger partial charge in [-0.05, 0) is 58.3 Å². The minimum atomic E-state index is -0.157. The van der Waals surface area contributed by atoms with E-state index in [-0.39, 0.29) is 11.2 Å². The van der Waals surface area contributed by atoms with Crippen LogP contribution in [0.5, 0.6) is 0 Å². The summed E-state index contributed by atoms with van der Waals surface area (Å²) < 4.78 is 0. The lowest BCUT2D eigenvalue weighted by molar-refractivity contribution is -0.112. The minimum Gasteiger partial charge on any atom is -0.289 e. The molecular weight excluding hydrogens is 232 g/mol. The molecule has 0 spiro atoms. The quantitative estimate of drug-likeness (QED) is 0.720. The lowest BCUT2D eigenvalue weighted by atomic mass is 9.65. The van der Waals surface area contributed by atoms with E-state index in [2.05, 4.69) is 52.0 Å². The number of hydrogen-bond donors (Lipinski definition) is 0. The second kappa shape index (κ2) is 4.48. The van der Waals surface area contributed by atoms with Crippen LogP contribution in [0, 0.1) is 6.92 Å². The molecule has 1 aromatic rings. The fourth-order valence-electron chi connectivity index (χ4n) is 2.97. The summed E-state index contributed by atoms with van der Waals surface area (Å²) in [6.45, 7) is 12.4. The van der Waals surface area contributed by atoms with Crippen molar-refractivity contribution in [1.82, 2.24) is 0 Å². The van der Waals surface area contributed by atoms with Crippen molar-refractivity contribution in [3.05, 3.63) is 57.7 Å². The molecule has 0 amide bonds. The van der Waals surface area contributed by atoms with Gasteiger partial charge in [-0.15, -0.1) is 0 Å². The molecule has 100 valence electrons. The zero-order valence-corrected chi connectivity index (χ0v) is 12.7. The van der Waals surface area contributed by atoms with E-state index in [4.69, 9.17) is 0 Å². The van der Waals surface area contributed by atoms with Gasteiger partial charge < -0.3 is 0 Å². The lowest BCUT2D eigenvalue weighted by Gasteiger charge is -2.38. The number of allylic oxidation sites excluding steroid dienone is 4. The monoisotopic (exact) mass is 254 g/mol. The maximum Gasteiger partial charge on any atom is 0.184 e. The number of rotatable bonds is 1. The van der Waals surface area contributed by atoms with Gasteiger partial charge in [-0.2, -0.15) is 0 Å². The first-order chi connectivity index (χ1) is 8.80. The van der Waals surface area contributed by atoms with Gasteiger partial charge in [-0.1, -0.05) is 41.0 Å². The predicted octanol–water partition coefficient (Wildman–Crippen LogP) is 4.51. The average Bonchev–Trinajstić information content (AvgIpc) is 2.41. The topological polar surface area (TPSA) is 17.1 Å². The number of hydrogen-bond acceptors (Lipinski definition) is 1. The molecule has 1 heteroatoms. The number of carbonyl (C=O) groups is 1. The van der Waals surface area contributed by atoms with Crippen LogP contribution in [0.25, 0.3) is 0 Å². The molecule has 2 rings (SSSR count). The first-order valence-corrected chi connectivity index (χ1v) is 6.78. The minimum absolute atomic E-state index is 0.157. The molecule has 1 aliphatic rings. The Morgan fingerprint density at radius 2 is 1.21 bits per heavy atom. The van der Waals surface area contributed by atoms with Gasteiger partial charge in [-0.25, -0.2) is 0 Å². The van der Waals surface area contributed by atoms with Gasteiger partial charge in [0.15, 0.2) is 5.78 Å². The van der Waals surface area contributed by atoms with Crippen LogP contribution in [0.15, 0.2) is 46.6 Å². The lowest BCUT2D eigenvalue weighted by Crippen LogP contribution is -2.32. The highest BCUT2D eigenvalue weighted by atomic mass is 16.1. The largest absolute Gasteiger partial charge is 0.289 e. The molecule has 0 heterocycles. The molecule has 0 fully saturated rings. The van der Waals surface area contributed by atoms with E-state index in [1.54, 1.807) is 0 Å².